The summed E-state index contributed by atoms with van der Waals surface area (Å²) in [6.45, 7) is 4.64. The number of hydrogen-bond acceptors (Lipinski definition) is 4. The van der Waals surface area contributed by atoms with Crippen LogP contribution >= 0.6 is 12.4 Å². The van der Waals surface area contributed by atoms with Crippen molar-refractivity contribution in [3.8, 4) is 0 Å². The minimum Gasteiger partial charge on any atom is -0.349 e. The Morgan fingerprint density at radius 3 is 2.87 bits per heavy atom. The lowest BCUT2D eigenvalue weighted by Gasteiger charge is -2.03. The lowest BCUT2D eigenvalue weighted by atomic mass is 10.2. The lowest BCUT2D eigenvalue weighted by Crippen LogP contribution is -2.32. The molecule has 126 valence electrons. The molecule has 0 saturated carbocycles. The fourth-order valence-electron chi connectivity index (χ4n) is 1.96. The monoisotopic (exact) mass is 341 g/mol. The number of amides is 1. The summed E-state index contributed by atoms with van der Waals surface area (Å²) in [4.78, 5) is 11.9. The van der Waals surface area contributed by atoms with Gasteiger partial charge in [-0.3, -0.25) is 4.79 Å². The number of carbonyl (C=O) groups excluding carboxylic acids is 1. The quantitative estimate of drug-likeness (QED) is 0.716. The molecule has 0 aliphatic rings. The van der Waals surface area contributed by atoms with Gasteiger partial charge >= 0.3 is 0 Å². The van der Waals surface area contributed by atoms with Crippen molar-refractivity contribution in [2.24, 2.45) is 0 Å². The van der Waals surface area contributed by atoms with Gasteiger partial charge in [0, 0.05) is 13.1 Å². The van der Waals surface area contributed by atoms with E-state index in [2.05, 4.69) is 27.9 Å². The Hall–Kier alpha value is -1.99. The van der Waals surface area contributed by atoms with Gasteiger partial charge in [0.1, 0.15) is 5.82 Å². The van der Waals surface area contributed by atoms with E-state index in [9.17, 15) is 9.18 Å². The second kappa shape index (κ2) is 9.91. The molecule has 1 heterocycles. The van der Waals surface area contributed by atoms with Gasteiger partial charge < -0.3 is 10.6 Å². The van der Waals surface area contributed by atoms with Crippen molar-refractivity contribution < 1.29 is 9.18 Å². The van der Waals surface area contributed by atoms with Gasteiger partial charge in [0.15, 0.2) is 5.69 Å². The summed E-state index contributed by atoms with van der Waals surface area (Å²) in [5.41, 5.74) is 1.02. The molecule has 23 heavy (non-hydrogen) atoms. The number of carbonyl (C=O) groups is 1. The van der Waals surface area contributed by atoms with Gasteiger partial charge in [0.25, 0.3) is 5.91 Å². The van der Waals surface area contributed by atoms with Crippen LogP contribution in [0.15, 0.2) is 30.5 Å². The van der Waals surface area contributed by atoms with Crippen molar-refractivity contribution in [1.82, 2.24) is 25.6 Å². The number of benzene rings is 1. The third-order valence-corrected chi connectivity index (χ3v) is 3.02. The summed E-state index contributed by atoms with van der Waals surface area (Å²) < 4.78 is 14.6. The highest BCUT2D eigenvalue weighted by molar-refractivity contribution is 5.91. The first-order chi connectivity index (χ1) is 10.7. The molecule has 1 aromatic carbocycles. The topological polar surface area (TPSA) is 71.8 Å². The van der Waals surface area contributed by atoms with E-state index in [0.717, 1.165) is 25.1 Å². The van der Waals surface area contributed by atoms with Crippen molar-refractivity contribution >= 4 is 18.3 Å². The van der Waals surface area contributed by atoms with Gasteiger partial charge in [-0.2, -0.15) is 0 Å². The number of nitrogens with zero attached hydrogens (tertiary/aromatic N) is 3. The third-order valence-electron chi connectivity index (χ3n) is 3.02. The molecule has 0 radical (unpaired) electrons. The van der Waals surface area contributed by atoms with E-state index in [4.69, 9.17) is 0 Å². The molecule has 8 heteroatoms. The maximum atomic E-state index is 13.1. The molecule has 0 atom stereocenters. The molecule has 2 rings (SSSR count). The normalized spacial score (nSPS) is 10.2. The van der Waals surface area contributed by atoms with Crippen molar-refractivity contribution in [2.45, 2.75) is 19.9 Å². The first kappa shape index (κ1) is 19.1. The highest BCUT2D eigenvalue weighted by Crippen LogP contribution is 2.05. The zero-order chi connectivity index (χ0) is 15.8. The van der Waals surface area contributed by atoms with Crippen LogP contribution in [0.5, 0.6) is 0 Å². The molecule has 1 amide bonds. The van der Waals surface area contributed by atoms with Crippen LogP contribution < -0.4 is 10.6 Å². The highest BCUT2D eigenvalue weighted by Gasteiger charge is 2.10. The number of hydrogen-bond donors (Lipinski definition) is 2. The first-order valence-corrected chi connectivity index (χ1v) is 7.32. The molecule has 0 unspecified atom stereocenters. The van der Waals surface area contributed by atoms with Crippen LogP contribution in [0.4, 0.5) is 4.39 Å². The lowest BCUT2D eigenvalue weighted by molar-refractivity contribution is 0.0949. The average molecular weight is 342 g/mol. The highest BCUT2D eigenvalue weighted by atomic mass is 35.5. The average Bonchev–Trinajstić information content (AvgIpc) is 2.95. The van der Waals surface area contributed by atoms with Gasteiger partial charge in [0.05, 0.1) is 12.7 Å². The zero-order valence-corrected chi connectivity index (χ0v) is 13.8. The molecular formula is C15H21ClFN5O. The smallest absolute Gasteiger partial charge is 0.273 e. The van der Waals surface area contributed by atoms with Crippen molar-refractivity contribution in [3.05, 3.63) is 47.5 Å². The van der Waals surface area contributed by atoms with E-state index >= 15 is 0 Å². The Balaban J connectivity index is 0.00000264. The second-order valence-electron chi connectivity index (χ2n) is 4.94. The number of aromatic nitrogens is 3. The summed E-state index contributed by atoms with van der Waals surface area (Å²) in [7, 11) is 0. The van der Waals surface area contributed by atoms with Crippen LogP contribution in [0, 0.1) is 5.82 Å². The summed E-state index contributed by atoms with van der Waals surface area (Å²) in [6.07, 6.45) is 2.61. The van der Waals surface area contributed by atoms with Crippen LogP contribution in [0.2, 0.25) is 0 Å². The van der Waals surface area contributed by atoms with E-state index in [-0.39, 0.29) is 29.8 Å². The molecule has 6 nitrogen and oxygen atoms in total. The van der Waals surface area contributed by atoms with Crippen LogP contribution in [0.1, 0.15) is 29.4 Å². The van der Waals surface area contributed by atoms with E-state index < -0.39 is 0 Å². The van der Waals surface area contributed by atoms with Gasteiger partial charge in [-0.1, -0.05) is 24.3 Å². The number of halogens is 2. The SMILES string of the molecule is CCCNCCNC(=O)c1cn(Cc2cccc(F)c2)nn1.Cl. The molecule has 1 aromatic heterocycles. The second-order valence-corrected chi connectivity index (χ2v) is 4.94. The minimum atomic E-state index is -0.296. The van der Waals surface area contributed by atoms with Gasteiger partial charge in [0.2, 0.25) is 0 Å². The number of rotatable bonds is 8. The molecule has 2 aromatic rings. The Kier molecular flexibility index (Phi) is 8.21. The first-order valence-electron chi connectivity index (χ1n) is 7.32. The molecule has 2 N–H and O–H groups in total. The van der Waals surface area contributed by atoms with Crippen molar-refractivity contribution in [3.63, 3.8) is 0 Å². The van der Waals surface area contributed by atoms with Crippen LogP contribution in [-0.4, -0.2) is 40.5 Å². The Morgan fingerprint density at radius 1 is 1.30 bits per heavy atom. The fourth-order valence-corrected chi connectivity index (χ4v) is 1.96. The Bertz CT molecular complexity index is 619. The fraction of sp³-hybridized carbons (Fsp3) is 0.400. The molecular weight excluding hydrogens is 321 g/mol. The maximum absolute atomic E-state index is 13.1. The third kappa shape index (κ3) is 6.33. The van der Waals surface area contributed by atoms with E-state index in [1.807, 2.05) is 0 Å². The predicted octanol–water partition coefficient (Wildman–Crippen LogP) is 1.62. The summed E-state index contributed by atoms with van der Waals surface area (Å²) >= 11 is 0. The standard InChI is InChI=1S/C15H20FN5O.ClH/c1-2-6-17-7-8-18-15(22)14-11-21(20-19-14)10-12-4-3-5-13(16)9-12;/h3-5,9,11,17H,2,6-8,10H2,1H3,(H,18,22);1H. The van der Waals surface area contributed by atoms with Crippen molar-refractivity contribution in [1.29, 1.82) is 0 Å². The van der Waals surface area contributed by atoms with Gasteiger partial charge in [-0.25, -0.2) is 9.07 Å². The molecule has 0 saturated heterocycles. The van der Waals surface area contributed by atoms with Crippen LogP contribution in [-0.2, 0) is 6.54 Å². The van der Waals surface area contributed by atoms with E-state index in [1.54, 1.807) is 18.3 Å². The van der Waals surface area contributed by atoms with Crippen LogP contribution in [0.25, 0.3) is 0 Å². The minimum absolute atomic E-state index is 0. The molecule has 0 aliphatic carbocycles. The predicted molar refractivity (Wildman–Crippen MR) is 88.3 cm³/mol. The Morgan fingerprint density at radius 2 is 2.13 bits per heavy atom. The molecule has 0 aliphatic heterocycles. The van der Waals surface area contributed by atoms with E-state index in [0.29, 0.717) is 13.1 Å². The summed E-state index contributed by atoms with van der Waals surface area (Å²) in [5, 5.41) is 13.7. The van der Waals surface area contributed by atoms with Gasteiger partial charge in [-0.05, 0) is 30.7 Å². The largest absolute Gasteiger partial charge is 0.349 e. The van der Waals surface area contributed by atoms with Crippen molar-refractivity contribution in [2.75, 3.05) is 19.6 Å². The molecule has 0 fully saturated rings. The van der Waals surface area contributed by atoms with Gasteiger partial charge in [-0.15, -0.1) is 17.5 Å². The molecule has 0 bridgehead atoms. The summed E-state index contributed by atoms with van der Waals surface area (Å²) in [6, 6.07) is 6.25. The zero-order valence-electron chi connectivity index (χ0n) is 13.0. The van der Waals surface area contributed by atoms with Crippen LogP contribution in [0.3, 0.4) is 0 Å². The van der Waals surface area contributed by atoms with E-state index in [1.165, 1.54) is 16.8 Å². The number of nitrogens with one attached hydrogen (secondary N) is 2. The maximum Gasteiger partial charge on any atom is 0.273 e. The Labute approximate surface area is 140 Å². The summed E-state index contributed by atoms with van der Waals surface area (Å²) in [5.74, 6) is -0.557. The molecule has 0 spiro atoms.